The molecule has 2 aromatic heterocycles. The van der Waals surface area contributed by atoms with Crippen molar-refractivity contribution in [1.29, 1.82) is 0 Å². The van der Waals surface area contributed by atoms with Crippen LogP contribution in [0.3, 0.4) is 0 Å². The molecule has 1 aliphatic heterocycles. The first-order chi connectivity index (χ1) is 18.0. The number of hydrogen-bond acceptors (Lipinski definition) is 7. The van der Waals surface area contributed by atoms with Gasteiger partial charge in [-0.05, 0) is 55.0 Å². The van der Waals surface area contributed by atoms with E-state index in [4.69, 9.17) is 19.3 Å². The number of fused-ring (bicyclic) bond motifs is 1. The molecular formula is C25H26F4N4O5. The second-order valence-corrected chi connectivity index (χ2v) is 8.64. The smallest absolute Gasteiger partial charge is 0.481 e. The second-order valence-electron chi connectivity index (χ2n) is 8.64. The maximum Gasteiger partial charge on any atom is 0.490 e. The highest BCUT2D eigenvalue weighted by Gasteiger charge is 2.38. The fourth-order valence-corrected chi connectivity index (χ4v) is 3.89. The lowest BCUT2D eigenvalue weighted by atomic mass is 9.92. The summed E-state index contributed by atoms with van der Waals surface area (Å²) in [6.45, 7) is 0.965. The molecule has 0 radical (unpaired) electrons. The SMILES string of the molecule is O=C(O)C(F)(F)F.O=C(O)CC(Cc1nnc(CCCc2ccc3c(n2)NCCC3)o1)c1cccc(F)c1. The normalized spacial score (nSPS) is 13.5. The van der Waals surface area contributed by atoms with Crippen LogP contribution in [0, 0.1) is 5.82 Å². The van der Waals surface area contributed by atoms with Crippen LogP contribution in [-0.4, -0.2) is 50.1 Å². The first-order valence-corrected chi connectivity index (χ1v) is 11.8. The van der Waals surface area contributed by atoms with Crippen molar-refractivity contribution in [3.8, 4) is 0 Å². The Morgan fingerprint density at radius 3 is 2.50 bits per heavy atom. The lowest BCUT2D eigenvalue weighted by Crippen LogP contribution is -2.21. The van der Waals surface area contributed by atoms with Crippen LogP contribution in [0.25, 0.3) is 0 Å². The van der Waals surface area contributed by atoms with Crippen molar-refractivity contribution in [3.05, 3.63) is 70.8 Å². The molecule has 3 N–H and O–H groups in total. The van der Waals surface area contributed by atoms with Gasteiger partial charge in [-0.2, -0.15) is 13.2 Å². The van der Waals surface area contributed by atoms with Crippen LogP contribution in [0.5, 0.6) is 0 Å². The average molecular weight is 538 g/mol. The van der Waals surface area contributed by atoms with Gasteiger partial charge in [0, 0.05) is 31.0 Å². The van der Waals surface area contributed by atoms with Gasteiger partial charge in [0.05, 0.1) is 6.42 Å². The second kappa shape index (κ2) is 13.0. The van der Waals surface area contributed by atoms with Gasteiger partial charge in [0.1, 0.15) is 11.6 Å². The molecule has 3 aromatic rings. The van der Waals surface area contributed by atoms with Crippen LogP contribution in [-0.2, 0) is 35.3 Å². The minimum Gasteiger partial charge on any atom is -0.481 e. The minimum atomic E-state index is -5.08. The van der Waals surface area contributed by atoms with E-state index in [0.29, 0.717) is 23.8 Å². The molecule has 1 unspecified atom stereocenters. The van der Waals surface area contributed by atoms with Crippen LogP contribution in [0.15, 0.2) is 40.8 Å². The molecule has 1 atom stereocenters. The maximum absolute atomic E-state index is 13.6. The van der Waals surface area contributed by atoms with Gasteiger partial charge in [-0.25, -0.2) is 14.2 Å². The molecule has 204 valence electrons. The highest BCUT2D eigenvalue weighted by atomic mass is 19.4. The number of carboxylic acids is 2. The molecule has 1 aromatic carbocycles. The zero-order chi connectivity index (χ0) is 27.7. The van der Waals surface area contributed by atoms with E-state index in [1.807, 2.05) is 0 Å². The van der Waals surface area contributed by atoms with E-state index in [1.54, 1.807) is 12.1 Å². The summed E-state index contributed by atoms with van der Waals surface area (Å²) in [5.41, 5.74) is 2.90. The summed E-state index contributed by atoms with van der Waals surface area (Å²) in [6.07, 6.45) is -0.533. The highest BCUT2D eigenvalue weighted by Crippen LogP contribution is 2.25. The molecule has 9 nitrogen and oxygen atoms in total. The van der Waals surface area contributed by atoms with E-state index >= 15 is 0 Å². The van der Waals surface area contributed by atoms with Crippen LogP contribution < -0.4 is 5.32 Å². The summed E-state index contributed by atoms with van der Waals surface area (Å²) in [5, 5.41) is 27.9. The van der Waals surface area contributed by atoms with Crippen LogP contribution in [0.1, 0.15) is 53.8 Å². The first-order valence-electron chi connectivity index (χ1n) is 11.8. The molecule has 0 fully saturated rings. The molecule has 0 spiro atoms. The Kier molecular flexibility index (Phi) is 9.74. The van der Waals surface area contributed by atoms with E-state index in [9.17, 15) is 27.5 Å². The van der Waals surface area contributed by atoms with Crippen molar-refractivity contribution in [1.82, 2.24) is 15.2 Å². The molecule has 1 aliphatic rings. The van der Waals surface area contributed by atoms with Gasteiger partial charge >= 0.3 is 18.1 Å². The Bertz CT molecular complexity index is 1250. The molecule has 0 amide bonds. The van der Waals surface area contributed by atoms with Crippen molar-refractivity contribution in [3.63, 3.8) is 0 Å². The van der Waals surface area contributed by atoms with E-state index < -0.39 is 29.9 Å². The summed E-state index contributed by atoms with van der Waals surface area (Å²) < 4.78 is 51.0. The van der Waals surface area contributed by atoms with Crippen molar-refractivity contribution in [2.24, 2.45) is 0 Å². The quantitative estimate of drug-likeness (QED) is 0.334. The average Bonchev–Trinajstić information content (AvgIpc) is 3.30. The largest absolute Gasteiger partial charge is 0.490 e. The number of hydrogen-bond donors (Lipinski definition) is 3. The number of carboxylic acid groups (broad SMARTS) is 2. The zero-order valence-electron chi connectivity index (χ0n) is 20.2. The molecule has 0 bridgehead atoms. The standard InChI is InChI=1S/C23H25FN4O3.C2HF3O2/c24-18-6-1-4-16(12-18)17(14-22(29)30)13-21-28-27-20(31-21)8-2-7-19-10-9-15-5-3-11-25-23(15)26-19;3-2(4,5)1(6)7/h1,4,6,9-10,12,17H,2-3,5,7-8,11,13-14H2,(H,25,26)(H,29,30);(H,6,7). The predicted molar refractivity (Wildman–Crippen MR) is 126 cm³/mol. The number of benzene rings is 1. The maximum atomic E-state index is 13.6. The molecule has 13 heteroatoms. The predicted octanol–water partition coefficient (Wildman–Crippen LogP) is 4.57. The number of nitrogens with one attached hydrogen (secondary N) is 1. The highest BCUT2D eigenvalue weighted by molar-refractivity contribution is 5.73. The van der Waals surface area contributed by atoms with Crippen molar-refractivity contribution < 1.29 is 41.8 Å². The van der Waals surface area contributed by atoms with Crippen molar-refractivity contribution in [2.75, 3.05) is 11.9 Å². The first kappa shape index (κ1) is 28.5. The van der Waals surface area contributed by atoms with Gasteiger partial charge in [0.2, 0.25) is 11.8 Å². The fraction of sp³-hybridized carbons (Fsp3) is 0.400. The van der Waals surface area contributed by atoms with Gasteiger partial charge < -0.3 is 19.9 Å². The van der Waals surface area contributed by atoms with Crippen LogP contribution in [0.4, 0.5) is 23.4 Å². The zero-order valence-corrected chi connectivity index (χ0v) is 20.2. The Morgan fingerprint density at radius 2 is 1.82 bits per heavy atom. The summed E-state index contributed by atoms with van der Waals surface area (Å²) in [6, 6.07) is 10.2. The van der Waals surface area contributed by atoms with E-state index in [0.717, 1.165) is 43.7 Å². The number of alkyl halides is 3. The van der Waals surface area contributed by atoms with E-state index in [-0.39, 0.29) is 12.8 Å². The van der Waals surface area contributed by atoms with Crippen molar-refractivity contribution in [2.45, 2.75) is 57.0 Å². The number of aryl methyl sites for hydroxylation is 3. The van der Waals surface area contributed by atoms with Gasteiger partial charge in [-0.1, -0.05) is 18.2 Å². The van der Waals surface area contributed by atoms with E-state index in [2.05, 4.69) is 27.6 Å². The van der Waals surface area contributed by atoms with E-state index in [1.165, 1.54) is 17.7 Å². The molecule has 0 saturated heterocycles. The summed E-state index contributed by atoms with van der Waals surface area (Å²) in [4.78, 5) is 24.8. The number of aromatic nitrogens is 3. The molecule has 4 rings (SSSR count). The summed E-state index contributed by atoms with van der Waals surface area (Å²) in [7, 11) is 0. The number of pyridine rings is 1. The number of nitrogens with zero attached hydrogens (tertiary/aromatic N) is 3. The number of anilines is 1. The Morgan fingerprint density at radius 1 is 1.08 bits per heavy atom. The molecule has 0 saturated carbocycles. The Hall–Kier alpha value is -4.03. The third-order valence-electron chi connectivity index (χ3n) is 5.69. The number of carbonyl (C=O) groups is 2. The number of rotatable bonds is 9. The van der Waals surface area contributed by atoms with Gasteiger partial charge in [0.15, 0.2) is 0 Å². The monoisotopic (exact) mass is 538 g/mol. The van der Waals surface area contributed by atoms with Gasteiger partial charge in [-0.3, -0.25) is 4.79 Å². The van der Waals surface area contributed by atoms with Gasteiger partial charge in [-0.15, -0.1) is 10.2 Å². The fourth-order valence-electron chi connectivity index (χ4n) is 3.89. The Balaban J connectivity index is 0.000000505. The lowest BCUT2D eigenvalue weighted by Gasteiger charge is -2.17. The number of aliphatic carboxylic acids is 2. The summed E-state index contributed by atoms with van der Waals surface area (Å²) in [5.74, 6) is -2.68. The summed E-state index contributed by atoms with van der Waals surface area (Å²) >= 11 is 0. The molecular weight excluding hydrogens is 512 g/mol. The third-order valence-corrected chi connectivity index (χ3v) is 5.69. The minimum absolute atomic E-state index is 0.140. The van der Waals surface area contributed by atoms with Crippen LogP contribution >= 0.6 is 0 Å². The molecule has 38 heavy (non-hydrogen) atoms. The Labute approximate surface area is 214 Å². The van der Waals surface area contributed by atoms with Gasteiger partial charge in [0.25, 0.3) is 0 Å². The van der Waals surface area contributed by atoms with Crippen molar-refractivity contribution >= 4 is 17.8 Å². The molecule has 0 aliphatic carbocycles. The lowest BCUT2D eigenvalue weighted by molar-refractivity contribution is -0.192. The molecule has 3 heterocycles. The van der Waals surface area contributed by atoms with Crippen LogP contribution in [0.2, 0.25) is 0 Å². The topological polar surface area (TPSA) is 138 Å². The third kappa shape index (κ3) is 8.82. The number of halogens is 4.